The molecule has 0 aliphatic carbocycles. The molecule has 1 aliphatic rings. The summed E-state index contributed by atoms with van der Waals surface area (Å²) in [5, 5.41) is 11.5. The molecule has 2 unspecified atom stereocenters. The number of amides is 1. The second-order valence-electron chi connectivity index (χ2n) is 4.06. The first kappa shape index (κ1) is 12.0. The summed E-state index contributed by atoms with van der Waals surface area (Å²) >= 11 is 0. The van der Waals surface area contributed by atoms with E-state index < -0.39 is 17.3 Å². The number of aliphatic carboxylic acids is 1. The number of ether oxygens (including phenoxy) is 1. The Morgan fingerprint density at radius 3 is 2.67 bits per heavy atom. The quantitative estimate of drug-likeness (QED) is 0.665. The van der Waals surface area contributed by atoms with E-state index in [9.17, 15) is 9.59 Å². The lowest BCUT2D eigenvalue weighted by Gasteiger charge is -2.25. The van der Waals surface area contributed by atoms with Crippen LogP contribution in [0.3, 0.4) is 0 Å². The largest absolute Gasteiger partial charge is 0.480 e. The lowest BCUT2D eigenvalue weighted by molar-refractivity contribution is -0.156. The third-order valence-corrected chi connectivity index (χ3v) is 2.86. The van der Waals surface area contributed by atoms with Crippen LogP contribution < -0.4 is 5.32 Å². The van der Waals surface area contributed by atoms with Crippen LogP contribution in [0, 0.1) is 5.41 Å². The van der Waals surface area contributed by atoms with E-state index in [0.29, 0.717) is 6.61 Å². The molecule has 1 heterocycles. The highest BCUT2D eigenvalue weighted by Crippen LogP contribution is 2.29. The predicted molar refractivity (Wildman–Crippen MR) is 53.4 cm³/mol. The first-order chi connectivity index (χ1) is 7.00. The van der Waals surface area contributed by atoms with Crippen LogP contribution in [-0.4, -0.2) is 36.7 Å². The van der Waals surface area contributed by atoms with Crippen LogP contribution in [0.4, 0.5) is 0 Å². The summed E-state index contributed by atoms with van der Waals surface area (Å²) in [6, 6.07) is 0. The van der Waals surface area contributed by atoms with Crippen molar-refractivity contribution in [2.24, 2.45) is 5.41 Å². The van der Waals surface area contributed by atoms with Crippen LogP contribution in [-0.2, 0) is 14.3 Å². The molecular weight excluding hydrogens is 198 g/mol. The van der Waals surface area contributed by atoms with E-state index >= 15 is 0 Å². The molecule has 0 aromatic heterocycles. The van der Waals surface area contributed by atoms with E-state index in [1.54, 1.807) is 0 Å². The average molecular weight is 215 g/mol. The van der Waals surface area contributed by atoms with Crippen molar-refractivity contribution < 1.29 is 19.4 Å². The Morgan fingerprint density at radius 1 is 1.60 bits per heavy atom. The van der Waals surface area contributed by atoms with E-state index in [1.807, 2.05) is 0 Å². The maximum Gasteiger partial charge on any atom is 0.319 e. The molecule has 5 heteroatoms. The van der Waals surface area contributed by atoms with Crippen LogP contribution >= 0.6 is 0 Å². The van der Waals surface area contributed by atoms with E-state index in [1.165, 1.54) is 14.0 Å². The van der Waals surface area contributed by atoms with Gasteiger partial charge in [-0.1, -0.05) is 0 Å². The summed E-state index contributed by atoms with van der Waals surface area (Å²) in [5.74, 6) is -1.57. The zero-order valence-electron chi connectivity index (χ0n) is 9.08. The molecule has 1 saturated heterocycles. The van der Waals surface area contributed by atoms with Crippen molar-refractivity contribution in [3.05, 3.63) is 0 Å². The molecule has 2 atom stereocenters. The minimum atomic E-state index is -1.39. The molecule has 0 aromatic carbocycles. The summed E-state index contributed by atoms with van der Waals surface area (Å²) in [5.41, 5.74) is -1.39. The molecule has 0 aromatic rings. The minimum absolute atomic E-state index is 0.108. The highest BCUT2D eigenvalue weighted by Gasteiger charge is 2.43. The SMILES string of the molecule is CNC(=O)C(C)(CC1CCCO1)C(=O)O. The van der Waals surface area contributed by atoms with Gasteiger partial charge in [-0.2, -0.15) is 0 Å². The number of nitrogens with one attached hydrogen (secondary N) is 1. The fourth-order valence-electron chi connectivity index (χ4n) is 1.81. The zero-order chi connectivity index (χ0) is 11.5. The molecular formula is C10H17NO4. The van der Waals surface area contributed by atoms with Gasteiger partial charge in [0.2, 0.25) is 5.91 Å². The first-order valence-electron chi connectivity index (χ1n) is 5.08. The van der Waals surface area contributed by atoms with Gasteiger partial charge in [-0.3, -0.25) is 9.59 Å². The van der Waals surface area contributed by atoms with Crippen molar-refractivity contribution >= 4 is 11.9 Å². The fourth-order valence-corrected chi connectivity index (χ4v) is 1.81. The third-order valence-electron chi connectivity index (χ3n) is 2.86. The molecule has 86 valence electrons. The summed E-state index contributed by atoms with van der Waals surface area (Å²) in [4.78, 5) is 22.6. The number of carboxylic acids is 1. The molecule has 2 N–H and O–H groups in total. The number of carbonyl (C=O) groups excluding carboxylic acids is 1. The molecule has 5 nitrogen and oxygen atoms in total. The van der Waals surface area contributed by atoms with Gasteiger partial charge in [0.05, 0.1) is 6.10 Å². The van der Waals surface area contributed by atoms with Crippen LogP contribution in [0.2, 0.25) is 0 Å². The number of hydrogen-bond acceptors (Lipinski definition) is 3. The first-order valence-corrected chi connectivity index (χ1v) is 5.08. The summed E-state index contributed by atoms with van der Waals surface area (Å²) in [6.07, 6.45) is 1.90. The monoisotopic (exact) mass is 215 g/mol. The van der Waals surface area contributed by atoms with Gasteiger partial charge in [-0.15, -0.1) is 0 Å². The van der Waals surface area contributed by atoms with Crippen molar-refractivity contribution in [1.29, 1.82) is 0 Å². The number of rotatable bonds is 4. The van der Waals surface area contributed by atoms with Gasteiger partial charge in [0.1, 0.15) is 5.41 Å². The van der Waals surface area contributed by atoms with Gasteiger partial charge in [0.25, 0.3) is 0 Å². The smallest absolute Gasteiger partial charge is 0.319 e. The Labute approximate surface area is 88.8 Å². The molecule has 15 heavy (non-hydrogen) atoms. The molecule has 1 amide bonds. The van der Waals surface area contributed by atoms with E-state index in [2.05, 4.69) is 5.32 Å². The lowest BCUT2D eigenvalue weighted by Crippen LogP contribution is -2.45. The van der Waals surface area contributed by atoms with Crippen molar-refractivity contribution in [3.63, 3.8) is 0 Å². The number of carbonyl (C=O) groups is 2. The fraction of sp³-hybridized carbons (Fsp3) is 0.800. The van der Waals surface area contributed by atoms with Crippen LogP contribution in [0.1, 0.15) is 26.2 Å². The van der Waals surface area contributed by atoms with E-state index in [-0.39, 0.29) is 12.5 Å². The molecule has 0 bridgehead atoms. The Kier molecular flexibility index (Phi) is 3.68. The highest BCUT2D eigenvalue weighted by atomic mass is 16.5. The normalized spacial score (nSPS) is 24.5. The van der Waals surface area contributed by atoms with Crippen LogP contribution in [0.15, 0.2) is 0 Å². The van der Waals surface area contributed by atoms with Gasteiger partial charge in [0, 0.05) is 13.7 Å². The van der Waals surface area contributed by atoms with Gasteiger partial charge >= 0.3 is 5.97 Å². The zero-order valence-corrected chi connectivity index (χ0v) is 9.08. The maximum atomic E-state index is 11.5. The van der Waals surface area contributed by atoms with Crippen molar-refractivity contribution in [3.8, 4) is 0 Å². The second-order valence-corrected chi connectivity index (χ2v) is 4.06. The summed E-state index contributed by atoms with van der Waals surface area (Å²) < 4.78 is 5.35. The Morgan fingerprint density at radius 2 is 2.27 bits per heavy atom. The van der Waals surface area contributed by atoms with E-state index in [4.69, 9.17) is 9.84 Å². The molecule has 1 aliphatic heterocycles. The van der Waals surface area contributed by atoms with Gasteiger partial charge in [0.15, 0.2) is 0 Å². The topological polar surface area (TPSA) is 75.6 Å². The van der Waals surface area contributed by atoms with Gasteiger partial charge in [-0.05, 0) is 26.2 Å². The lowest BCUT2D eigenvalue weighted by atomic mass is 9.83. The average Bonchev–Trinajstić information content (AvgIpc) is 2.68. The second kappa shape index (κ2) is 4.61. The van der Waals surface area contributed by atoms with Gasteiger partial charge < -0.3 is 15.2 Å². The third kappa shape index (κ3) is 2.47. The van der Waals surface area contributed by atoms with Crippen LogP contribution in [0.5, 0.6) is 0 Å². The Hall–Kier alpha value is -1.10. The summed E-state index contributed by atoms with van der Waals surface area (Å²) in [7, 11) is 1.44. The minimum Gasteiger partial charge on any atom is -0.480 e. The highest BCUT2D eigenvalue weighted by molar-refractivity contribution is 6.01. The van der Waals surface area contributed by atoms with Crippen molar-refractivity contribution in [1.82, 2.24) is 5.32 Å². The Bertz CT molecular complexity index is 260. The standard InChI is InChI=1S/C10H17NO4/c1-10(9(13)14,8(12)11-2)6-7-4-3-5-15-7/h7H,3-6H2,1-2H3,(H,11,12)(H,13,14). The van der Waals surface area contributed by atoms with E-state index in [0.717, 1.165) is 12.8 Å². The molecule has 1 rings (SSSR count). The summed E-state index contributed by atoms with van der Waals surface area (Å²) in [6.45, 7) is 2.10. The molecule has 0 spiro atoms. The number of hydrogen-bond donors (Lipinski definition) is 2. The molecule has 1 fully saturated rings. The van der Waals surface area contributed by atoms with Crippen LogP contribution in [0.25, 0.3) is 0 Å². The molecule has 0 radical (unpaired) electrons. The van der Waals surface area contributed by atoms with Crippen molar-refractivity contribution in [2.75, 3.05) is 13.7 Å². The number of carboxylic acid groups (broad SMARTS) is 1. The predicted octanol–water partition coefficient (Wildman–Crippen LogP) is 0.392. The van der Waals surface area contributed by atoms with Crippen molar-refractivity contribution in [2.45, 2.75) is 32.3 Å². The Balaban J connectivity index is 2.72. The molecule has 0 saturated carbocycles. The maximum absolute atomic E-state index is 11.5. The van der Waals surface area contributed by atoms with Gasteiger partial charge in [-0.25, -0.2) is 0 Å².